The molecule has 0 aliphatic carbocycles. The lowest BCUT2D eigenvalue weighted by atomic mass is 9.93. The van der Waals surface area contributed by atoms with Crippen LogP contribution in [0.5, 0.6) is 0 Å². The molecule has 0 bridgehead atoms. The highest BCUT2D eigenvalue weighted by molar-refractivity contribution is 5.92. The van der Waals surface area contributed by atoms with Gasteiger partial charge in [0.25, 0.3) is 5.91 Å². The Kier molecular flexibility index (Phi) is 5.96. The summed E-state index contributed by atoms with van der Waals surface area (Å²) >= 11 is 0. The van der Waals surface area contributed by atoms with Crippen molar-refractivity contribution in [1.82, 2.24) is 20.0 Å². The van der Waals surface area contributed by atoms with E-state index in [9.17, 15) is 4.79 Å². The van der Waals surface area contributed by atoms with Crippen LogP contribution in [-0.2, 0) is 6.54 Å². The van der Waals surface area contributed by atoms with Crippen molar-refractivity contribution >= 4 is 5.91 Å². The molecular formula is C16H30N4O. The molecule has 0 fully saturated rings. The molecule has 0 spiro atoms. The van der Waals surface area contributed by atoms with E-state index in [1.165, 1.54) is 0 Å². The zero-order valence-electron chi connectivity index (χ0n) is 14.5. The van der Waals surface area contributed by atoms with Crippen molar-refractivity contribution in [2.24, 2.45) is 5.41 Å². The van der Waals surface area contributed by atoms with Gasteiger partial charge < -0.3 is 10.2 Å². The molecule has 0 aliphatic rings. The Morgan fingerprint density at radius 3 is 2.52 bits per heavy atom. The van der Waals surface area contributed by atoms with Gasteiger partial charge in [0.05, 0.1) is 5.69 Å². The first-order chi connectivity index (χ1) is 9.66. The van der Waals surface area contributed by atoms with Crippen molar-refractivity contribution in [1.29, 1.82) is 0 Å². The number of hydrogen-bond donors (Lipinski definition) is 1. The normalized spacial score (nSPS) is 12.2. The van der Waals surface area contributed by atoms with Gasteiger partial charge in [-0.1, -0.05) is 27.7 Å². The summed E-state index contributed by atoms with van der Waals surface area (Å²) in [6, 6.07) is 1.91. The summed E-state index contributed by atoms with van der Waals surface area (Å²) in [4.78, 5) is 14.5. The van der Waals surface area contributed by atoms with Crippen LogP contribution in [0.15, 0.2) is 6.07 Å². The Morgan fingerprint density at radius 1 is 1.43 bits per heavy atom. The Bertz CT molecular complexity index is 475. The SMILES string of the molecule is CCn1nc(C(C)C)cc1C(=O)NCC(C)(C)CN(C)C. The van der Waals surface area contributed by atoms with Crippen molar-refractivity contribution in [3.05, 3.63) is 17.5 Å². The van der Waals surface area contributed by atoms with Crippen molar-refractivity contribution < 1.29 is 4.79 Å². The molecule has 0 aromatic carbocycles. The molecule has 120 valence electrons. The van der Waals surface area contributed by atoms with E-state index in [1.54, 1.807) is 4.68 Å². The number of nitrogens with one attached hydrogen (secondary N) is 1. The predicted octanol–water partition coefficient (Wildman–Crippen LogP) is 2.34. The monoisotopic (exact) mass is 294 g/mol. The highest BCUT2D eigenvalue weighted by Crippen LogP contribution is 2.16. The maximum absolute atomic E-state index is 12.4. The van der Waals surface area contributed by atoms with Gasteiger partial charge in [-0.25, -0.2) is 0 Å². The van der Waals surface area contributed by atoms with E-state index in [1.807, 2.05) is 27.1 Å². The molecule has 0 aliphatic heterocycles. The number of amides is 1. The molecule has 1 rings (SSSR count). The van der Waals surface area contributed by atoms with Crippen LogP contribution in [0, 0.1) is 5.41 Å². The van der Waals surface area contributed by atoms with Gasteiger partial charge >= 0.3 is 0 Å². The smallest absolute Gasteiger partial charge is 0.269 e. The number of carbonyl (C=O) groups excluding carboxylic acids is 1. The predicted molar refractivity (Wildman–Crippen MR) is 86.7 cm³/mol. The Labute approximate surface area is 128 Å². The van der Waals surface area contributed by atoms with E-state index in [0.29, 0.717) is 24.7 Å². The van der Waals surface area contributed by atoms with E-state index in [4.69, 9.17) is 0 Å². The molecule has 0 atom stereocenters. The fraction of sp³-hybridized carbons (Fsp3) is 0.750. The molecule has 21 heavy (non-hydrogen) atoms. The van der Waals surface area contributed by atoms with Gasteiger partial charge in [-0.05, 0) is 38.4 Å². The van der Waals surface area contributed by atoms with Crippen molar-refractivity contribution in [2.45, 2.75) is 47.1 Å². The molecule has 1 heterocycles. The fourth-order valence-corrected chi connectivity index (χ4v) is 2.46. The highest BCUT2D eigenvalue weighted by atomic mass is 16.2. The Balaban J connectivity index is 2.76. The lowest BCUT2D eigenvalue weighted by Crippen LogP contribution is -2.40. The number of hydrogen-bond acceptors (Lipinski definition) is 3. The van der Waals surface area contributed by atoms with Crippen LogP contribution < -0.4 is 5.32 Å². The molecular weight excluding hydrogens is 264 g/mol. The quantitative estimate of drug-likeness (QED) is 0.840. The van der Waals surface area contributed by atoms with Gasteiger partial charge in [-0.15, -0.1) is 0 Å². The second-order valence-corrected chi connectivity index (χ2v) is 7.01. The number of nitrogens with zero attached hydrogens (tertiary/aromatic N) is 3. The Morgan fingerprint density at radius 2 is 2.05 bits per heavy atom. The molecule has 1 aromatic heterocycles. The van der Waals surface area contributed by atoms with Crippen molar-refractivity contribution in [2.75, 3.05) is 27.2 Å². The second kappa shape index (κ2) is 7.07. The van der Waals surface area contributed by atoms with E-state index in [-0.39, 0.29) is 11.3 Å². The summed E-state index contributed by atoms with van der Waals surface area (Å²) < 4.78 is 1.78. The third kappa shape index (κ3) is 5.16. The molecule has 0 radical (unpaired) electrons. The van der Waals surface area contributed by atoms with Crippen molar-refractivity contribution in [3.63, 3.8) is 0 Å². The zero-order valence-corrected chi connectivity index (χ0v) is 14.5. The minimum absolute atomic E-state index is 0.0388. The molecule has 0 saturated heterocycles. The molecule has 1 N–H and O–H groups in total. The molecule has 0 saturated carbocycles. The first kappa shape index (κ1) is 17.7. The minimum Gasteiger partial charge on any atom is -0.350 e. The van der Waals surface area contributed by atoms with Crippen LogP contribution in [-0.4, -0.2) is 47.8 Å². The largest absolute Gasteiger partial charge is 0.350 e. The van der Waals surface area contributed by atoms with E-state index in [2.05, 4.69) is 43.0 Å². The number of carbonyl (C=O) groups is 1. The Hall–Kier alpha value is -1.36. The fourth-order valence-electron chi connectivity index (χ4n) is 2.46. The highest BCUT2D eigenvalue weighted by Gasteiger charge is 2.22. The third-order valence-corrected chi connectivity index (χ3v) is 3.39. The summed E-state index contributed by atoms with van der Waals surface area (Å²) in [6.07, 6.45) is 0. The average molecular weight is 294 g/mol. The number of aromatic nitrogens is 2. The second-order valence-electron chi connectivity index (χ2n) is 7.01. The number of rotatable bonds is 7. The van der Waals surface area contributed by atoms with Crippen molar-refractivity contribution in [3.8, 4) is 0 Å². The summed E-state index contributed by atoms with van der Waals surface area (Å²) in [5.74, 6) is 0.289. The summed E-state index contributed by atoms with van der Waals surface area (Å²) in [5, 5.41) is 7.53. The zero-order chi connectivity index (χ0) is 16.2. The van der Waals surface area contributed by atoms with Gasteiger partial charge in [0.1, 0.15) is 5.69 Å². The van der Waals surface area contributed by atoms with Crippen LogP contribution in [0.3, 0.4) is 0 Å². The first-order valence-electron chi connectivity index (χ1n) is 7.67. The van der Waals surface area contributed by atoms with Crippen LogP contribution in [0.2, 0.25) is 0 Å². The van der Waals surface area contributed by atoms with Crippen LogP contribution in [0.1, 0.15) is 56.7 Å². The molecule has 5 nitrogen and oxygen atoms in total. The van der Waals surface area contributed by atoms with Gasteiger partial charge in [0, 0.05) is 19.6 Å². The molecule has 1 aromatic rings. The lowest BCUT2D eigenvalue weighted by molar-refractivity contribution is 0.0918. The number of aryl methyl sites for hydroxylation is 1. The van der Waals surface area contributed by atoms with Crippen LogP contribution in [0.25, 0.3) is 0 Å². The van der Waals surface area contributed by atoms with Crippen LogP contribution >= 0.6 is 0 Å². The maximum Gasteiger partial charge on any atom is 0.269 e. The molecule has 0 unspecified atom stereocenters. The first-order valence-corrected chi connectivity index (χ1v) is 7.67. The standard InChI is InChI=1S/C16H30N4O/c1-8-20-14(9-13(18-20)12(2)3)15(21)17-10-16(4,5)11-19(6)7/h9,12H,8,10-11H2,1-7H3,(H,17,21). The summed E-state index contributed by atoms with van der Waals surface area (Å²) in [5.41, 5.74) is 1.66. The van der Waals surface area contributed by atoms with Gasteiger partial charge in [0.15, 0.2) is 0 Å². The van der Waals surface area contributed by atoms with Gasteiger partial charge in [-0.2, -0.15) is 5.10 Å². The summed E-state index contributed by atoms with van der Waals surface area (Å²) in [7, 11) is 4.09. The van der Waals surface area contributed by atoms with E-state index < -0.39 is 0 Å². The molecule has 1 amide bonds. The van der Waals surface area contributed by atoms with Crippen LogP contribution in [0.4, 0.5) is 0 Å². The van der Waals surface area contributed by atoms with Gasteiger partial charge in [0.2, 0.25) is 0 Å². The summed E-state index contributed by atoms with van der Waals surface area (Å²) in [6.45, 7) is 12.8. The lowest BCUT2D eigenvalue weighted by Gasteiger charge is -2.28. The maximum atomic E-state index is 12.4. The van der Waals surface area contributed by atoms with E-state index in [0.717, 1.165) is 12.2 Å². The van der Waals surface area contributed by atoms with E-state index >= 15 is 0 Å². The topological polar surface area (TPSA) is 50.2 Å². The van der Waals surface area contributed by atoms with Gasteiger partial charge in [-0.3, -0.25) is 9.48 Å². The molecule has 5 heteroatoms. The average Bonchev–Trinajstić information content (AvgIpc) is 2.78. The minimum atomic E-state index is -0.0388. The third-order valence-electron chi connectivity index (χ3n) is 3.39.